The van der Waals surface area contributed by atoms with Crippen molar-refractivity contribution in [2.45, 2.75) is 24.9 Å². The lowest BCUT2D eigenvalue weighted by Gasteiger charge is -2.19. The summed E-state index contributed by atoms with van der Waals surface area (Å²) in [6.45, 7) is 4.17. The number of aromatic carboxylic acids is 1. The maximum absolute atomic E-state index is 12.6. The van der Waals surface area contributed by atoms with Gasteiger partial charge in [0.1, 0.15) is 12.6 Å². The number of alkyl carbamates (subject to hydrolysis) is 1. The molecule has 1 aromatic heterocycles. The van der Waals surface area contributed by atoms with Gasteiger partial charge in [0.2, 0.25) is 5.91 Å². The van der Waals surface area contributed by atoms with Gasteiger partial charge >= 0.3 is 12.1 Å². The minimum atomic E-state index is -1.18. The van der Waals surface area contributed by atoms with Crippen LogP contribution in [0.3, 0.4) is 0 Å². The van der Waals surface area contributed by atoms with E-state index in [1.807, 2.05) is 36.4 Å². The second-order valence-corrected chi connectivity index (χ2v) is 8.01. The maximum Gasteiger partial charge on any atom is 0.407 e. The molecule has 4 rings (SSSR count). The predicted molar refractivity (Wildman–Crippen MR) is 127 cm³/mol. The van der Waals surface area contributed by atoms with E-state index in [2.05, 4.69) is 39.7 Å². The monoisotopic (exact) mass is 475 g/mol. The van der Waals surface area contributed by atoms with Crippen molar-refractivity contribution in [3.63, 3.8) is 0 Å². The molecular formula is C25H25N5O5. The Kier molecular flexibility index (Phi) is 7.20. The number of carboxylic acid groups (broad SMARTS) is 1. The third-order valence-electron chi connectivity index (χ3n) is 5.75. The lowest BCUT2D eigenvalue weighted by molar-refractivity contribution is -0.123. The van der Waals surface area contributed by atoms with E-state index in [1.165, 1.54) is 17.0 Å². The largest absolute Gasteiger partial charge is 0.476 e. The van der Waals surface area contributed by atoms with E-state index >= 15 is 0 Å². The molecule has 3 aromatic rings. The van der Waals surface area contributed by atoms with Gasteiger partial charge in [0.05, 0.1) is 12.7 Å². The Labute approximate surface area is 201 Å². The van der Waals surface area contributed by atoms with Crippen molar-refractivity contribution >= 4 is 18.0 Å². The van der Waals surface area contributed by atoms with E-state index in [0.717, 1.165) is 22.3 Å². The summed E-state index contributed by atoms with van der Waals surface area (Å²) in [5, 5.41) is 21.4. The highest BCUT2D eigenvalue weighted by molar-refractivity contribution is 5.86. The number of amides is 2. The van der Waals surface area contributed by atoms with Crippen LogP contribution >= 0.6 is 0 Å². The van der Waals surface area contributed by atoms with Gasteiger partial charge in [-0.25, -0.2) is 14.3 Å². The summed E-state index contributed by atoms with van der Waals surface area (Å²) in [7, 11) is 0. The number of ether oxygens (including phenoxy) is 1. The lowest BCUT2D eigenvalue weighted by atomic mass is 9.98. The van der Waals surface area contributed by atoms with Crippen LogP contribution in [-0.4, -0.2) is 57.3 Å². The zero-order valence-corrected chi connectivity index (χ0v) is 18.9. The van der Waals surface area contributed by atoms with Crippen molar-refractivity contribution in [3.05, 3.63) is 84.2 Å². The first-order valence-electron chi connectivity index (χ1n) is 11.1. The second kappa shape index (κ2) is 10.6. The average molecular weight is 476 g/mol. The number of benzene rings is 2. The zero-order valence-electron chi connectivity index (χ0n) is 18.9. The minimum absolute atomic E-state index is 0.0850. The molecule has 0 fully saturated rings. The fraction of sp³-hybridized carbons (Fsp3) is 0.240. The molecular weight excluding hydrogens is 450 g/mol. The number of rotatable bonds is 10. The maximum atomic E-state index is 12.6. The first-order valence-corrected chi connectivity index (χ1v) is 11.1. The van der Waals surface area contributed by atoms with Crippen LogP contribution in [0.4, 0.5) is 4.79 Å². The molecule has 0 spiro atoms. The highest BCUT2D eigenvalue weighted by Crippen LogP contribution is 2.44. The zero-order chi connectivity index (χ0) is 24.8. The molecule has 1 atom stereocenters. The van der Waals surface area contributed by atoms with Crippen LogP contribution in [0.25, 0.3) is 11.1 Å². The molecule has 180 valence electrons. The van der Waals surface area contributed by atoms with Crippen molar-refractivity contribution in [2.24, 2.45) is 0 Å². The van der Waals surface area contributed by atoms with Crippen molar-refractivity contribution in [1.82, 2.24) is 25.6 Å². The molecule has 35 heavy (non-hydrogen) atoms. The van der Waals surface area contributed by atoms with Crippen LogP contribution in [-0.2, 0) is 16.1 Å². The Balaban J connectivity index is 1.31. The van der Waals surface area contributed by atoms with E-state index in [4.69, 9.17) is 9.84 Å². The number of nitrogens with one attached hydrogen (secondary N) is 2. The summed E-state index contributed by atoms with van der Waals surface area (Å²) >= 11 is 0. The molecule has 2 amide bonds. The molecule has 0 bridgehead atoms. The molecule has 0 saturated carbocycles. The number of hydrogen-bond acceptors (Lipinski definition) is 6. The third-order valence-corrected chi connectivity index (χ3v) is 5.75. The normalized spacial score (nSPS) is 12.8. The topological polar surface area (TPSA) is 135 Å². The van der Waals surface area contributed by atoms with Crippen LogP contribution in [0.15, 0.2) is 67.4 Å². The number of carboxylic acids is 1. The molecule has 1 unspecified atom stereocenters. The number of hydrogen-bond donors (Lipinski definition) is 3. The van der Waals surface area contributed by atoms with Crippen molar-refractivity contribution in [3.8, 4) is 11.1 Å². The van der Waals surface area contributed by atoms with Gasteiger partial charge in [-0.2, -0.15) is 0 Å². The van der Waals surface area contributed by atoms with Gasteiger partial charge in [-0.05, 0) is 28.7 Å². The second-order valence-electron chi connectivity index (χ2n) is 8.01. The van der Waals surface area contributed by atoms with Crippen LogP contribution in [0.2, 0.25) is 0 Å². The summed E-state index contributed by atoms with van der Waals surface area (Å²) in [6.07, 6.45) is 2.31. The Morgan fingerprint density at radius 2 is 1.77 bits per heavy atom. The number of nitrogens with zero attached hydrogens (tertiary/aromatic N) is 3. The fourth-order valence-corrected chi connectivity index (χ4v) is 4.10. The Bertz CT molecular complexity index is 1210. The number of carbonyl (C=O) groups excluding carboxylic acids is 2. The van der Waals surface area contributed by atoms with Crippen LogP contribution in [0.5, 0.6) is 0 Å². The third kappa shape index (κ3) is 5.37. The Hall–Kier alpha value is -4.47. The number of carbonyl (C=O) groups is 3. The predicted octanol–water partition coefficient (Wildman–Crippen LogP) is 2.58. The smallest absolute Gasteiger partial charge is 0.407 e. The summed E-state index contributed by atoms with van der Waals surface area (Å²) in [5.74, 6) is -1.69. The van der Waals surface area contributed by atoms with E-state index < -0.39 is 24.0 Å². The van der Waals surface area contributed by atoms with Crippen LogP contribution in [0, 0.1) is 0 Å². The number of aromatic nitrogens is 3. The van der Waals surface area contributed by atoms with Crippen molar-refractivity contribution < 1.29 is 24.2 Å². The van der Waals surface area contributed by atoms with Crippen LogP contribution < -0.4 is 10.6 Å². The molecule has 3 N–H and O–H groups in total. The van der Waals surface area contributed by atoms with E-state index in [9.17, 15) is 14.4 Å². The highest BCUT2D eigenvalue weighted by atomic mass is 16.5. The molecule has 1 aliphatic carbocycles. The summed E-state index contributed by atoms with van der Waals surface area (Å²) in [5.41, 5.74) is 4.27. The first-order chi connectivity index (χ1) is 17.0. The first kappa shape index (κ1) is 23.7. The molecule has 0 aliphatic heterocycles. The molecule has 0 saturated heterocycles. The van der Waals surface area contributed by atoms with E-state index in [0.29, 0.717) is 0 Å². The molecule has 1 aliphatic rings. The highest BCUT2D eigenvalue weighted by Gasteiger charge is 2.29. The van der Waals surface area contributed by atoms with Gasteiger partial charge in [0, 0.05) is 12.5 Å². The summed E-state index contributed by atoms with van der Waals surface area (Å²) in [6, 6.07) is 15.2. The van der Waals surface area contributed by atoms with Gasteiger partial charge in [-0.15, -0.1) is 11.7 Å². The molecule has 1 heterocycles. The minimum Gasteiger partial charge on any atom is -0.476 e. The molecule has 10 nitrogen and oxygen atoms in total. The summed E-state index contributed by atoms with van der Waals surface area (Å²) < 4.78 is 6.83. The van der Waals surface area contributed by atoms with E-state index in [-0.39, 0.29) is 37.7 Å². The van der Waals surface area contributed by atoms with Gasteiger partial charge in [-0.3, -0.25) is 4.79 Å². The quantitative estimate of drug-likeness (QED) is 0.384. The Morgan fingerprint density at radius 3 is 2.37 bits per heavy atom. The summed E-state index contributed by atoms with van der Waals surface area (Å²) in [4.78, 5) is 36.0. The SMILES string of the molecule is C=CCC(NC(=O)OCC1c2ccccc2-c2ccccc21)C(=O)NCCn1cc(C(=O)O)nn1. The van der Waals surface area contributed by atoms with Crippen molar-refractivity contribution in [2.75, 3.05) is 13.2 Å². The average Bonchev–Trinajstić information content (AvgIpc) is 3.46. The lowest BCUT2D eigenvalue weighted by Crippen LogP contribution is -2.47. The standard InChI is InChI=1S/C25H25N5O5/c1-2-7-21(23(31)26-12-13-30-14-22(24(32)33)28-29-30)27-25(34)35-15-20-18-10-5-3-8-16(18)17-9-4-6-11-19(17)20/h2-6,8-11,14,20-21H,1,7,12-13,15H2,(H,26,31)(H,27,34)(H,32,33). The van der Waals surface area contributed by atoms with Gasteiger partial charge in [0.25, 0.3) is 0 Å². The van der Waals surface area contributed by atoms with Gasteiger partial charge < -0.3 is 20.5 Å². The molecule has 2 aromatic carbocycles. The van der Waals surface area contributed by atoms with Gasteiger partial charge in [0.15, 0.2) is 5.69 Å². The van der Waals surface area contributed by atoms with Gasteiger partial charge in [-0.1, -0.05) is 59.8 Å². The number of fused-ring (bicyclic) bond motifs is 3. The van der Waals surface area contributed by atoms with Crippen molar-refractivity contribution in [1.29, 1.82) is 0 Å². The molecule has 0 radical (unpaired) electrons. The fourth-order valence-electron chi connectivity index (χ4n) is 4.10. The van der Waals surface area contributed by atoms with E-state index in [1.54, 1.807) is 0 Å². The molecule has 10 heteroatoms. The Morgan fingerprint density at radius 1 is 1.11 bits per heavy atom. The van der Waals surface area contributed by atoms with Crippen LogP contribution in [0.1, 0.15) is 34.0 Å².